The zero-order valence-corrected chi connectivity index (χ0v) is 6.88. The molecule has 0 aromatic carbocycles. The van der Waals surface area contributed by atoms with E-state index >= 15 is 0 Å². The molecule has 0 aliphatic heterocycles. The summed E-state index contributed by atoms with van der Waals surface area (Å²) in [6, 6.07) is 0. The molecule has 0 spiro atoms. The quantitative estimate of drug-likeness (QED) is 0.433. The van der Waals surface area contributed by atoms with E-state index in [0.29, 0.717) is 0 Å². The van der Waals surface area contributed by atoms with E-state index in [1.165, 1.54) is 13.8 Å². The first kappa shape index (κ1) is 10.4. The number of hydrogen-bond acceptors (Lipinski definition) is 3. The van der Waals surface area contributed by atoms with Crippen LogP contribution in [0, 0.1) is 0 Å². The maximum atomic E-state index is 10.6. The zero-order chi connectivity index (χ0) is 9.72. The molecule has 0 saturated heterocycles. The van der Waals surface area contributed by atoms with Gasteiger partial charge < -0.3 is 16.4 Å². The largest absolute Gasteiger partial charge is 0.366 e. The van der Waals surface area contributed by atoms with Crippen LogP contribution < -0.4 is 16.4 Å². The van der Waals surface area contributed by atoms with E-state index in [0.717, 1.165) is 0 Å². The van der Waals surface area contributed by atoms with E-state index in [9.17, 15) is 14.4 Å². The van der Waals surface area contributed by atoms with Gasteiger partial charge >= 0.3 is 0 Å². The van der Waals surface area contributed by atoms with Crippen molar-refractivity contribution < 1.29 is 14.4 Å². The van der Waals surface area contributed by atoms with Crippen LogP contribution in [0.15, 0.2) is 0 Å². The number of amides is 3. The lowest BCUT2D eigenvalue weighted by Gasteiger charge is -2.14. The normalized spacial score (nSPS) is 9.25. The molecule has 6 nitrogen and oxygen atoms in total. The third kappa shape index (κ3) is 4.26. The Hall–Kier alpha value is -1.59. The zero-order valence-electron chi connectivity index (χ0n) is 6.88. The molecule has 0 aromatic heterocycles. The van der Waals surface area contributed by atoms with Crippen LogP contribution in [0.3, 0.4) is 0 Å². The van der Waals surface area contributed by atoms with E-state index in [1.807, 2.05) is 0 Å². The van der Waals surface area contributed by atoms with Crippen LogP contribution in [0.5, 0.6) is 0 Å². The lowest BCUT2D eigenvalue weighted by molar-refractivity contribution is -0.130. The molecule has 68 valence electrons. The highest BCUT2D eigenvalue weighted by Gasteiger charge is 2.16. The first-order chi connectivity index (χ1) is 5.43. The lowest BCUT2D eigenvalue weighted by Crippen LogP contribution is -2.54. The number of carbonyl (C=O) groups is 3. The SMILES string of the molecule is CC(=O)NC(NC(C)=O)C(N)=O. The molecule has 3 amide bonds. The molecule has 0 saturated carbocycles. The van der Waals surface area contributed by atoms with E-state index < -0.39 is 23.9 Å². The Balaban J connectivity index is 4.14. The molecule has 0 aliphatic carbocycles. The Kier molecular flexibility index (Phi) is 3.75. The monoisotopic (exact) mass is 173 g/mol. The summed E-state index contributed by atoms with van der Waals surface area (Å²) in [5, 5.41) is 4.33. The van der Waals surface area contributed by atoms with Crippen molar-refractivity contribution in [2.45, 2.75) is 20.0 Å². The Bertz CT molecular complexity index is 198. The molecule has 0 fully saturated rings. The van der Waals surface area contributed by atoms with Gasteiger partial charge in [0.1, 0.15) is 0 Å². The van der Waals surface area contributed by atoms with Crippen molar-refractivity contribution in [2.75, 3.05) is 0 Å². The van der Waals surface area contributed by atoms with Crippen molar-refractivity contribution in [1.82, 2.24) is 10.6 Å². The van der Waals surface area contributed by atoms with Gasteiger partial charge in [0.2, 0.25) is 11.8 Å². The highest BCUT2D eigenvalue weighted by Crippen LogP contribution is 1.76. The summed E-state index contributed by atoms with van der Waals surface area (Å²) in [5.41, 5.74) is 4.86. The second-order valence-electron chi connectivity index (χ2n) is 2.24. The number of nitrogens with one attached hydrogen (secondary N) is 2. The lowest BCUT2D eigenvalue weighted by atomic mass is 10.4. The number of carbonyl (C=O) groups excluding carboxylic acids is 3. The van der Waals surface area contributed by atoms with Gasteiger partial charge in [0.15, 0.2) is 6.17 Å². The minimum absolute atomic E-state index is 0.437. The molecule has 4 N–H and O–H groups in total. The summed E-state index contributed by atoms with van der Waals surface area (Å²) in [7, 11) is 0. The molecular formula is C6H11N3O3. The summed E-state index contributed by atoms with van der Waals surface area (Å²) in [4.78, 5) is 31.5. The smallest absolute Gasteiger partial charge is 0.260 e. The van der Waals surface area contributed by atoms with Crippen molar-refractivity contribution in [3.63, 3.8) is 0 Å². The molecule has 0 unspecified atom stereocenters. The fraction of sp³-hybridized carbons (Fsp3) is 0.500. The molecule has 0 aromatic rings. The van der Waals surface area contributed by atoms with Gasteiger partial charge in [-0.3, -0.25) is 14.4 Å². The molecule has 12 heavy (non-hydrogen) atoms. The van der Waals surface area contributed by atoms with Crippen molar-refractivity contribution in [1.29, 1.82) is 0 Å². The van der Waals surface area contributed by atoms with Crippen LogP contribution in [0.25, 0.3) is 0 Å². The number of nitrogens with two attached hydrogens (primary N) is 1. The molecule has 0 bridgehead atoms. The van der Waals surface area contributed by atoms with Gasteiger partial charge in [0.05, 0.1) is 0 Å². The van der Waals surface area contributed by atoms with E-state index in [-0.39, 0.29) is 0 Å². The first-order valence-corrected chi connectivity index (χ1v) is 3.27. The molecular weight excluding hydrogens is 162 g/mol. The van der Waals surface area contributed by atoms with Gasteiger partial charge in [-0.2, -0.15) is 0 Å². The second-order valence-corrected chi connectivity index (χ2v) is 2.24. The minimum Gasteiger partial charge on any atom is -0.366 e. The Morgan fingerprint density at radius 2 is 1.42 bits per heavy atom. The van der Waals surface area contributed by atoms with Gasteiger partial charge in [-0.15, -0.1) is 0 Å². The van der Waals surface area contributed by atoms with Gasteiger partial charge in [0.25, 0.3) is 5.91 Å². The predicted octanol–water partition coefficient (Wildman–Crippen LogP) is -1.93. The maximum absolute atomic E-state index is 10.6. The molecule has 0 radical (unpaired) electrons. The molecule has 6 heteroatoms. The third-order valence-electron chi connectivity index (χ3n) is 0.980. The standard InChI is InChI=1S/C6H11N3O3/c1-3(10)8-6(5(7)12)9-4(2)11/h6H,1-2H3,(H2,7,12)(H,8,10)(H,9,11). The highest BCUT2D eigenvalue weighted by atomic mass is 16.2. The molecule has 0 rings (SSSR count). The van der Waals surface area contributed by atoms with Crippen molar-refractivity contribution in [3.05, 3.63) is 0 Å². The van der Waals surface area contributed by atoms with E-state index in [4.69, 9.17) is 5.73 Å². The van der Waals surface area contributed by atoms with Crippen molar-refractivity contribution in [2.24, 2.45) is 5.73 Å². The number of rotatable bonds is 3. The maximum Gasteiger partial charge on any atom is 0.260 e. The molecule has 0 atom stereocenters. The van der Waals surface area contributed by atoms with Crippen molar-refractivity contribution >= 4 is 17.7 Å². The van der Waals surface area contributed by atoms with Crippen LogP contribution in [-0.4, -0.2) is 23.9 Å². The Morgan fingerprint density at radius 3 is 1.58 bits per heavy atom. The summed E-state index contributed by atoms with van der Waals surface area (Å²) in [5.74, 6) is -1.68. The summed E-state index contributed by atoms with van der Waals surface area (Å²) < 4.78 is 0. The summed E-state index contributed by atoms with van der Waals surface area (Å²) in [6.07, 6.45) is -1.13. The summed E-state index contributed by atoms with van der Waals surface area (Å²) >= 11 is 0. The second kappa shape index (κ2) is 4.32. The van der Waals surface area contributed by atoms with Gasteiger partial charge in [0, 0.05) is 13.8 Å². The van der Waals surface area contributed by atoms with Crippen LogP contribution in [0.4, 0.5) is 0 Å². The molecule has 0 aliphatic rings. The Morgan fingerprint density at radius 1 is 1.08 bits per heavy atom. The number of hydrogen-bond donors (Lipinski definition) is 3. The van der Waals surface area contributed by atoms with Crippen LogP contribution >= 0.6 is 0 Å². The summed E-state index contributed by atoms with van der Waals surface area (Å²) in [6.45, 7) is 2.44. The number of primary amides is 1. The van der Waals surface area contributed by atoms with Gasteiger partial charge in [-0.25, -0.2) is 0 Å². The average molecular weight is 173 g/mol. The first-order valence-electron chi connectivity index (χ1n) is 3.27. The minimum atomic E-state index is -1.13. The van der Waals surface area contributed by atoms with Gasteiger partial charge in [-0.1, -0.05) is 0 Å². The van der Waals surface area contributed by atoms with Crippen LogP contribution in [0.1, 0.15) is 13.8 Å². The van der Waals surface area contributed by atoms with E-state index in [2.05, 4.69) is 10.6 Å². The average Bonchev–Trinajstić information content (AvgIpc) is 1.83. The van der Waals surface area contributed by atoms with Crippen LogP contribution in [0.2, 0.25) is 0 Å². The Labute approximate surface area is 69.5 Å². The van der Waals surface area contributed by atoms with Crippen LogP contribution in [-0.2, 0) is 14.4 Å². The fourth-order valence-corrected chi connectivity index (χ4v) is 0.585. The fourth-order valence-electron chi connectivity index (χ4n) is 0.585. The predicted molar refractivity (Wildman–Crippen MR) is 40.6 cm³/mol. The van der Waals surface area contributed by atoms with Gasteiger partial charge in [-0.05, 0) is 0 Å². The van der Waals surface area contributed by atoms with E-state index in [1.54, 1.807) is 0 Å². The van der Waals surface area contributed by atoms with Crippen molar-refractivity contribution in [3.8, 4) is 0 Å². The highest BCUT2D eigenvalue weighted by molar-refractivity contribution is 5.89. The topological polar surface area (TPSA) is 101 Å². The molecule has 0 heterocycles. The third-order valence-corrected chi connectivity index (χ3v) is 0.980.